The standard InChI is InChI=1S/C18H23NO7/c1-11(14(17(23)25-2)18(24)26-3)15(16(21)22)19-13(20)10-9-12-7-5-4-6-8-12/h4-8,11,14-15H,9-10H2,1-3H3,(H,19,20)(H,21,22)/t11-,15-/m0/s1. The Morgan fingerprint density at radius 1 is 1.04 bits per heavy atom. The van der Waals surface area contributed by atoms with E-state index >= 15 is 0 Å². The summed E-state index contributed by atoms with van der Waals surface area (Å²) in [7, 11) is 2.17. The first-order valence-electron chi connectivity index (χ1n) is 8.03. The van der Waals surface area contributed by atoms with Crippen LogP contribution in [-0.2, 0) is 35.1 Å². The SMILES string of the molecule is COC(=O)C(C(=O)OC)[C@H](C)[C@H](NC(=O)CCc1ccccc1)C(=O)O. The number of rotatable bonds is 9. The number of carboxylic acid groups (broad SMARTS) is 1. The van der Waals surface area contributed by atoms with Crippen LogP contribution in [0.15, 0.2) is 30.3 Å². The van der Waals surface area contributed by atoms with Crippen molar-refractivity contribution in [2.45, 2.75) is 25.8 Å². The lowest BCUT2D eigenvalue weighted by Gasteiger charge is -2.26. The molecule has 1 aromatic carbocycles. The Balaban J connectivity index is 2.82. The van der Waals surface area contributed by atoms with E-state index in [4.69, 9.17) is 0 Å². The molecule has 1 rings (SSSR count). The normalized spacial score (nSPS) is 12.8. The Morgan fingerprint density at radius 3 is 2.04 bits per heavy atom. The van der Waals surface area contributed by atoms with Crippen LogP contribution in [0.2, 0.25) is 0 Å². The molecule has 2 N–H and O–H groups in total. The molecule has 0 saturated carbocycles. The Hall–Kier alpha value is -2.90. The second kappa shape index (κ2) is 10.2. The number of amides is 1. The lowest BCUT2D eigenvalue weighted by atomic mass is 9.87. The molecule has 0 fully saturated rings. The van der Waals surface area contributed by atoms with Crippen molar-refractivity contribution in [3.63, 3.8) is 0 Å². The van der Waals surface area contributed by atoms with Gasteiger partial charge in [-0.3, -0.25) is 14.4 Å². The summed E-state index contributed by atoms with van der Waals surface area (Å²) in [5, 5.41) is 11.8. The van der Waals surface area contributed by atoms with Gasteiger partial charge >= 0.3 is 17.9 Å². The smallest absolute Gasteiger partial charge is 0.326 e. The number of aryl methyl sites for hydroxylation is 1. The fourth-order valence-electron chi connectivity index (χ4n) is 2.54. The first-order valence-corrected chi connectivity index (χ1v) is 8.03. The largest absolute Gasteiger partial charge is 0.480 e. The van der Waals surface area contributed by atoms with Gasteiger partial charge < -0.3 is 19.9 Å². The lowest BCUT2D eigenvalue weighted by Crippen LogP contribution is -2.50. The van der Waals surface area contributed by atoms with Gasteiger partial charge in [0.05, 0.1) is 14.2 Å². The van der Waals surface area contributed by atoms with Crippen molar-refractivity contribution in [3.8, 4) is 0 Å². The number of methoxy groups -OCH3 is 2. The van der Waals surface area contributed by atoms with Gasteiger partial charge in [0.2, 0.25) is 5.91 Å². The highest BCUT2D eigenvalue weighted by atomic mass is 16.5. The van der Waals surface area contributed by atoms with Crippen LogP contribution in [0, 0.1) is 11.8 Å². The van der Waals surface area contributed by atoms with Gasteiger partial charge in [0.25, 0.3) is 0 Å². The van der Waals surface area contributed by atoms with Crippen molar-refractivity contribution < 1.29 is 33.8 Å². The zero-order chi connectivity index (χ0) is 19.7. The Bertz CT molecular complexity index is 628. The monoisotopic (exact) mass is 365 g/mol. The van der Waals surface area contributed by atoms with Crippen LogP contribution < -0.4 is 5.32 Å². The number of hydrogen-bond acceptors (Lipinski definition) is 6. The molecule has 0 aliphatic heterocycles. The maximum Gasteiger partial charge on any atom is 0.326 e. The van der Waals surface area contributed by atoms with Gasteiger partial charge in [-0.15, -0.1) is 0 Å². The summed E-state index contributed by atoms with van der Waals surface area (Å²) in [6.45, 7) is 1.37. The first kappa shape index (κ1) is 21.1. The summed E-state index contributed by atoms with van der Waals surface area (Å²) in [4.78, 5) is 47.4. The molecular weight excluding hydrogens is 342 g/mol. The third kappa shape index (κ3) is 5.87. The van der Waals surface area contributed by atoms with Crippen LogP contribution in [0.4, 0.5) is 0 Å². The molecule has 26 heavy (non-hydrogen) atoms. The van der Waals surface area contributed by atoms with Gasteiger partial charge in [-0.25, -0.2) is 4.79 Å². The van der Waals surface area contributed by atoms with Crippen molar-refractivity contribution >= 4 is 23.8 Å². The molecule has 1 amide bonds. The maximum absolute atomic E-state index is 12.1. The number of aliphatic carboxylic acids is 1. The number of carbonyl (C=O) groups excluding carboxylic acids is 3. The maximum atomic E-state index is 12.1. The topological polar surface area (TPSA) is 119 Å². The number of carbonyl (C=O) groups is 4. The number of ether oxygens (including phenoxy) is 2. The summed E-state index contributed by atoms with van der Waals surface area (Å²) in [6.07, 6.45) is 0.506. The summed E-state index contributed by atoms with van der Waals surface area (Å²) < 4.78 is 9.10. The summed E-state index contributed by atoms with van der Waals surface area (Å²) in [5.41, 5.74) is 0.935. The molecule has 0 aromatic heterocycles. The van der Waals surface area contributed by atoms with Gasteiger partial charge in [-0.05, 0) is 12.0 Å². The average Bonchev–Trinajstić information content (AvgIpc) is 2.64. The lowest BCUT2D eigenvalue weighted by molar-refractivity contribution is -0.163. The first-order chi connectivity index (χ1) is 12.3. The zero-order valence-corrected chi connectivity index (χ0v) is 14.9. The summed E-state index contributed by atoms with van der Waals surface area (Å²) in [6, 6.07) is 7.80. The molecule has 0 aliphatic rings. The Morgan fingerprint density at radius 2 is 1.58 bits per heavy atom. The van der Waals surface area contributed by atoms with Crippen LogP contribution in [-0.4, -0.2) is 49.2 Å². The van der Waals surface area contributed by atoms with E-state index in [0.717, 1.165) is 19.8 Å². The summed E-state index contributed by atoms with van der Waals surface area (Å²) in [5.74, 6) is -6.22. The fourth-order valence-corrected chi connectivity index (χ4v) is 2.54. The van der Waals surface area contributed by atoms with Gasteiger partial charge in [0.15, 0.2) is 5.92 Å². The van der Waals surface area contributed by atoms with Crippen LogP contribution in [0.25, 0.3) is 0 Å². The van der Waals surface area contributed by atoms with E-state index in [2.05, 4.69) is 14.8 Å². The second-order valence-corrected chi connectivity index (χ2v) is 5.75. The van der Waals surface area contributed by atoms with Crippen LogP contribution >= 0.6 is 0 Å². The molecule has 0 unspecified atom stereocenters. The average molecular weight is 365 g/mol. The number of benzene rings is 1. The van der Waals surface area contributed by atoms with Crippen LogP contribution in [0.3, 0.4) is 0 Å². The van der Waals surface area contributed by atoms with Gasteiger partial charge in [0, 0.05) is 12.3 Å². The van der Waals surface area contributed by atoms with Crippen molar-refractivity contribution in [1.29, 1.82) is 0 Å². The highest BCUT2D eigenvalue weighted by Crippen LogP contribution is 2.20. The Kier molecular flexibility index (Phi) is 8.27. The van der Waals surface area contributed by atoms with Crippen LogP contribution in [0.1, 0.15) is 18.9 Å². The number of nitrogens with one attached hydrogen (secondary N) is 1. The number of hydrogen-bond donors (Lipinski definition) is 2. The fraction of sp³-hybridized carbons (Fsp3) is 0.444. The minimum absolute atomic E-state index is 0.0711. The van der Waals surface area contributed by atoms with Crippen LogP contribution in [0.5, 0.6) is 0 Å². The summed E-state index contributed by atoms with van der Waals surface area (Å²) >= 11 is 0. The molecule has 1 aromatic rings. The van der Waals surface area contributed by atoms with Crippen molar-refractivity contribution in [2.75, 3.05) is 14.2 Å². The number of carboxylic acids is 1. The van der Waals surface area contributed by atoms with E-state index in [-0.39, 0.29) is 6.42 Å². The zero-order valence-electron chi connectivity index (χ0n) is 14.9. The van der Waals surface area contributed by atoms with Crippen molar-refractivity contribution in [1.82, 2.24) is 5.32 Å². The number of esters is 2. The molecular formula is C18H23NO7. The molecule has 0 aliphatic carbocycles. The van der Waals surface area contributed by atoms with E-state index in [1.165, 1.54) is 6.92 Å². The van der Waals surface area contributed by atoms with E-state index < -0.39 is 41.7 Å². The third-order valence-corrected chi connectivity index (χ3v) is 4.03. The van der Waals surface area contributed by atoms with Crippen molar-refractivity contribution in [2.24, 2.45) is 11.8 Å². The molecule has 0 saturated heterocycles. The van der Waals surface area contributed by atoms with Gasteiger partial charge in [-0.1, -0.05) is 37.3 Å². The third-order valence-electron chi connectivity index (χ3n) is 4.03. The molecule has 0 heterocycles. The van der Waals surface area contributed by atoms with E-state index in [0.29, 0.717) is 6.42 Å². The minimum Gasteiger partial charge on any atom is -0.480 e. The highest BCUT2D eigenvalue weighted by molar-refractivity contribution is 5.96. The van der Waals surface area contributed by atoms with E-state index in [1.807, 2.05) is 30.3 Å². The van der Waals surface area contributed by atoms with Crippen molar-refractivity contribution in [3.05, 3.63) is 35.9 Å². The Labute approximate surface area is 151 Å². The van der Waals surface area contributed by atoms with E-state index in [1.54, 1.807) is 0 Å². The predicted octanol–water partition coefficient (Wildman–Crippen LogP) is 0.787. The molecule has 8 nitrogen and oxygen atoms in total. The molecule has 8 heteroatoms. The molecule has 0 bridgehead atoms. The predicted molar refractivity (Wildman–Crippen MR) is 91.0 cm³/mol. The molecule has 2 atom stereocenters. The minimum atomic E-state index is -1.46. The van der Waals surface area contributed by atoms with Gasteiger partial charge in [0.1, 0.15) is 6.04 Å². The quantitative estimate of drug-likeness (QED) is 0.490. The highest BCUT2D eigenvalue weighted by Gasteiger charge is 2.41. The molecule has 0 radical (unpaired) electrons. The van der Waals surface area contributed by atoms with Gasteiger partial charge in [-0.2, -0.15) is 0 Å². The molecule has 0 spiro atoms. The second-order valence-electron chi connectivity index (χ2n) is 5.75. The molecule has 142 valence electrons. The van der Waals surface area contributed by atoms with E-state index in [9.17, 15) is 24.3 Å².